The van der Waals surface area contributed by atoms with Gasteiger partial charge in [-0.3, -0.25) is 19.7 Å². The van der Waals surface area contributed by atoms with Crippen molar-refractivity contribution in [3.63, 3.8) is 0 Å². The number of nitro groups is 1. The molecule has 0 saturated carbocycles. The van der Waals surface area contributed by atoms with Crippen LogP contribution >= 0.6 is 11.6 Å². The van der Waals surface area contributed by atoms with E-state index in [-0.39, 0.29) is 17.3 Å². The van der Waals surface area contributed by atoms with Gasteiger partial charge in [0.25, 0.3) is 5.69 Å². The van der Waals surface area contributed by atoms with Crippen molar-refractivity contribution >= 4 is 34.5 Å². The molecule has 0 spiro atoms. The highest BCUT2D eigenvalue weighted by molar-refractivity contribution is 6.30. The van der Waals surface area contributed by atoms with E-state index in [1.54, 1.807) is 12.1 Å². The normalized spacial score (nSPS) is 19.2. The van der Waals surface area contributed by atoms with E-state index in [0.29, 0.717) is 29.0 Å². The number of halogens is 1. The number of nitrogens with zero attached hydrogens (tertiary/aromatic N) is 2. The number of allylic oxidation sites excluding steroid dienone is 4. The maximum Gasteiger partial charge on any atom is 0.269 e. The lowest BCUT2D eigenvalue weighted by molar-refractivity contribution is -0.384. The van der Waals surface area contributed by atoms with Crippen molar-refractivity contribution in [2.45, 2.75) is 44.4 Å². The van der Waals surface area contributed by atoms with Crippen LogP contribution in [0.4, 0.5) is 11.4 Å². The number of carbonyl (C=O) groups is 2. The number of nitro benzene ring substituents is 1. The summed E-state index contributed by atoms with van der Waals surface area (Å²) in [4.78, 5) is 39.3. The van der Waals surface area contributed by atoms with Gasteiger partial charge < -0.3 is 4.90 Å². The first-order chi connectivity index (χ1) is 15.5. The largest absolute Gasteiger partial charge is 0.317 e. The summed E-state index contributed by atoms with van der Waals surface area (Å²) in [5.41, 5.74) is 4.78. The third-order valence-corrected chi connectivity index (χ3v) is 6.75. The molecule has 32 heavy (non-hydrogen) atoms. The van der Waals surface area contributed by atoms with E-state index < -0.39 is 10.8 Å². The monoisotopic (exact) mass is 448 g/mol. The highest BCUT2D eigenvalue weighted by atomic mass is 35.5. The molecule has 0 N–H and O–H groups in total. The highest BCUT2D eigenvalue weighted by Gasteiger charge is 2.43. The maximum atomic E-state index is 13.3. The smallest absolute Gasteiger partial charge is 0.269 e. The zero-order chi connectivity index (χ0) is 22.4. The molecule has 3 aliphatic rings. The molecule has 1 aliphatic heterocycles. The number of non-ortho nitro benzene ring substituents is 1. The first-order valence-corrected chi connectivity index (χ1v) is 11.2. The lowest BCUT2D eigenvalue weighted by Gasteiger charge is -2.44. The van der Waals surface area contributed by atoms with Crippen LogP contribution in [0.15, 0.2) is 71.1 Å². The molecule has 7 heteroatoms. The van der Waals surface area contributed by atoms with Crippen LogP contribution in [0.25, 0.3) is 0 Å². The van der Waals surface area contributed by atoms with Crippen LogP contribution in [0.1, 0.15) is 50.0 Å². The molecule has 162 valence electrons. The molecule has 0 bridgehead atoms. The van der Waals surface area contributed by atoms with Crippen molar-refractivity contribution in [1.29, 1.82) is 0 Å². The minimum atomic E-state index is -0.482. The average molecular weight is 449 g/mol. The van der Waals surface area contributed by atoms with E-state index in [9.17, 15) is 19.7 Å². The van der Waals surface area contributed by atoms with Crippen molar-refractivity contribution in [2.75, 3.05) is 4.90 Å². The fourth-order valence-corrected chi connectivity index (χ4v) is 5.27. The fraction of sp³-hybridized carbons (Fsp3) is 0.280. The van der Waals surface area contributed by atoms with Gasteiger partial charge in [0, 0.05) is 64.1 Å². The molecule has 2 aromatic rings. The molecule has 0 amide bonds. The second-order valence-electron chi connectivity index (χ2n) is 8.37. The third kappa shape index (κ3) is 3.35. The van der Waals surface area contributed by atoms with Crippen LogP contribution in [0.2, 0.25) is 5.02 Å². The molecule has 2 aliphatic carbocycles. The quantitative estimate of drug-likeness (QED) is 0.433. The molecule has 1 heterocycles. The average Bonchev–Trinajstić information content (AvgIpc) is 2.79. The fourth-order valence-electron chi connectivity index (χ4n) is 5.14. The van der Waals surface area contributed by atoms with E-state index in [2.05, 4.69) is 4.90 Å². The summed E-state index contributed by atoms with van der Waals surface area (Å²) in [5.74, 6) is -0.401. The second kappa shape index (κ2) is 8.02. The molecular formula is C25H21ClN2O4. The van der Waals surface area contributed by atoms with E-state index in [0.717, 1.165) is 48.3 Å². The molecule has 0 unspecified atom stereocenters. The van der Waals surface area contributed by atoms with Crippen LogP contribution in [-0.4, -0.2) is 16.5 Å². The zero-order valence-corrected chi connectivity index (χ0v) is 18.1. The molecule has 6 nitrogen and oxygen atoms in total. The SMILES string of the molecule is O=C1CCCC2=C1C(c1ccc([N+](=O)[O-])cc1)C1=C(CCCC1=O)N2c1ccc(Cl)cc1. The summed E-state index contributed by atoms with van der Waals surface area (Å²) in [7, 11) is 0. The Balaban J connectivity index is 1.74. The van der Waals surface area contributed by atoms with Crippen molar-refractivity contribution < 1.29 is 14.5 Å². The molecule has 0 saturated heterocycles. The first kappa shape index (κ1) is 20.6. The highest BCUT2D eigenvalue weighted by Crippen LogP contribution is 2.50. The summed E-state index contributed by atoms with van der Waals surface area (Å²) >= 11 is 6.11. The van der Waals surface area contributed by atoms with Crippen molar-refractivity contribution in [3.05, 3.63) is 91.8 Å². The van der Waals surface area contributed by atoms with Crippen molar-refractivity contribution in [3.8, 4) is 0 Å². The van der Waals surface area contributed by atoms with Gasteiger partial charge in [0.15, 0.2) is 11.6 Å². The molecule has 2 aromatic carbocycles. The lowest BCUT2D eigenvalue weighted by Crippen LogP contribution is -2.39. The Morgan fingerprint density at radius 1 is 0.812 bits per heavy atom. The molecule has 0 fully saturated rings. The Kier molecular flexibility index (Phi) is 5.18. The van der Waals surface area contributed by atoms with Crippen LogP contribution in [0, 0.1) is 10.1 Å². The summed E-state index contributed by atoms with van der Waals surface area (Å²) < 4.78 is 0. The van der Waals surface area contributed by atoms with Crippen LogP contribution < -0.4 is 4.90 Å². The van der Waals surface area contributed by atoms with Crippen molar-refractivity contribution in [1.82, 2.24) is 0 Å². The third-order valence-electron chi connectivity index (χ3n) is 6.50. The Bertz CT molecular complexity index is 1150. The number of benzene rings is 2. The van der Waals surface area contributed by atoms with E-state index in [1.165, 1.54) is 12.1 Å². The summed E-state index contributed by atoms with van der Waals surface area (Å²) in [6.45, 7) is 0. The Morgan fingerprint density at radius 3 is 1.84 bits per heavy atom. The van der Waals surface area contributed by atoms with Gasteiger partial charge in [0.2, 0.25) is 0 Å². The number of rotatable bonds is 3. The van der Waals surface area contributed by atoms with Gasteiger partial charge in [0.1, 0.15) is 0 Å². The number of Topliss-reactive ketones (excluding diaryl/α,β-unsaturated/α-hetero) is 2. The standard InChI is InChI=1S/C25H21ClN2O4/c26-16-9-13-17(14-10-16)27-19-3-1-5-21(29)24(19)23(25-20(27)4-2-6-22(25)30)15-7-11-18(12-8-15)28(31)32/h7-14,23H,1-6H2. The maximum absolute atomic E-state index is 13.3. The van der Waals surface area contributed by atoms with E-state index in [4.69, 9.17) is 11.6 Å². The number of hydrogen-bond acceptors (Lipinski definition) is 5. The first-order valence-electron chi connectivity index (χ1n) is 10.8. The van der Waals surface area contributed by atoms with Crippen LogP contribution in [0.5, 0.6) is 0 Å². The van der Waals surface area contributed by atoms with Gasteiger partial charge in [-0.25, -0.2) is 0 Å². The van der Waals surface area contributed by atoms with E-state index >= 15 is 0 Å². The molecule has 5 rings (SSSR count). The molecule has 0 radical (unpaired) electrons. The number of carbonyl (C=O) groups excluding carboxylic acids is 2. The predicted octanol–water partition coefficient (Wildman–Crippen LogP) is 5.87. The Hall–Kier alpha value is -3.25. The topological polar surface area (TPSA) is 80.5 Å². The molecule has 0 aromatic heterocycles. The minimum Gasteiger partial charge on any atom is -0.317 e. The van der Waals surface area contributed by atoms with Gasteiger partial charge in [0.05, 0.1) is 4.92 Å². The molecular weight excluding hydrogens is 428 g/mol. The molecule has 0 atom stereocenters. The van der Waals surface area contributed by atoms with Crippen LogP contribution in [0.3, 0.4) is 0 Å². The van der Waals surface area contributed by atoms with Crippen molar-refractivity contribution in [2.24, 2.45) is 0 Å². The second-order valence-corrected chi connectivity index (χ2v) is 8.80. The summed E-state index contributed by atoms with van der Waals surface area (Å²) in [6, 6.07) is 13.7. The summed E-state index contributed by atoms with van der Waals surface area (Å²) in [6.07, 6.45) is 3.86. The number of anilines is 1. The summed E-state index contributed by atoms with van der Waals surface area (Å²) in [5, 5.41) is 11.8. The number of ketones is 2. The van der Waals surface area contributed by atoms with Gasteiger partial charge in [-0.15, -0.1) is 0 Å². The van der Waals surface area contributed by atoms with E-state index in [1.807, 2.05) is 24.3 Å². The minimum absolute atomic E-state index is 0.0132. The van der Waals surface area contributed by atoms with Gasteiger partial charge in [-0.05, 0) is 55.5 Å². The van der Waals surface area contributed by atoms with Gasteiger partial charge in [-0.1, -0.05) is 23.7 Å². The predicted molar refractivity (Wildman–Crippen MR) is 122 cm³/mol. The van der Waals surface area contributed by atoms with Gasteiger partial charge in [-0.2, -0.15) is 0 Å². The zero-order valence-electron chi connectivity index (χ0n) is 17.3. The number of hydrogen-bond donors (Lipinski definition) is 0. The van der Waals surface area contributed by atoms with Gasteiger partial charge >= 0.3 is 0 Å². The lowest BCUT2D eigenvalue weighted by atomic mass is 9.71. The van der Waals surface area contributed by atoms with Crippen LogP contribution in [-0.2, 0) is 9.59 Å². The Labute approximate surface area is 190 Å². The Morgan fingerprint density at radius 2 is 1.34 bits per heavy atom.